The van der Waals surface area contributed by atoms with Crippen LogP contribution in [0.5, 0.6) is 0 Å². The first-order valence-corrected chi connectivity index (χ1v) is 9.70. The second kappa shape index (κ2) is 7.54. The summed E-state index contributed by atoms with van der Waals surface area (Å²) in [6.45, 7) is 4.42. The van der Waals surface area contributed by atoms with Crippen molar-refractivity contribution in [2.24, 2.45) is 5.92 Å². The number of nitrogens with zero attached hydrogens (tertiary/aromatic N) is 3. The number of pyridine rings is 1. The predicted octanol–water partition coefficient (Wildman–Crippen LogP) is 2.79. The monoisotopic (exact) mass is 392 g/mol. The molecule has 0 spiro atoms. The van der Waals surface area contributed by atoms with Gasteiger partial charge in [0.05, 0.1) is 35.3 Å². The van der Waals surface area contributed by atoms with E-state index in [-0.39, 0.29) is 6.04 Å². The molecule has 0 bridgehead atoms. The minimum Gasteiger partial charge on any atom is -0.383 e. The molecule has 4 N–H and O–H groups in total. The summed E-state index contributed by atoms with van der Waals surface area (Å²) in [5, 5.41) is 2.66. The molecule has 0 aliphatic carbocycles. The van der Waals surface area contributed by atoms with Crippen molar-refractivity contribution in [1.29, 1.82) is 0 Å². The Kier molecular flexibility index (Phi) is 4.92. The molecule has 8 heteroatoms. The number of imidazole rings is 1. The number of aromatic nitrogens is 3. The number of benzene rings is 1. The van der Waals surface area contributed by atoms with Crippen molar-refractivity contribution in [3.8, 4) is 0 Å². The number of rotatable bonds is 2. The highest BCUT2D eigenvalue weighted by molar-refractivity contribution is 6.39. The van der Waals surface area contributed by atoms with E-state index in [1.807, 2.05) is 18.2 Å². The smallest absolute Gasteiger partial charge is 0.313 e. The maximum absolute atomic E-state index is 13.1. The fourth-order valence-electron chi connectivity index (χ4n) is 3.93. The number of nitrogens with two attached hydrogens (primary N) is 1. The number of nitrogen functional groups attached to an aromatic ring is 1. The third-order valence-electron chi connectivity index (χ3n) is 5.49. The average Bonchev–Trinajstić information content (AvgIpc) is 3.19. The van der Waals surface area contributed by atoms with Crippen LogP contribution in [-0.2, 0) is 9.59 Å². The highest BCUT2D eigenvalue weighted by atomic mass is 16.2. The maximum Gasteiger partial charge on any atom is 0.313 e. The molecule has 8 nitrogen and oxygen atoms in total. The van der Waals surface area contributed by atoms with Crippen LogP contribution in [0.3, 0.4) is 0 Å². The van der Waals surface area contributed by atoms with E-state index in [1.165, 1.54) is 6.20 Å². The summed E-state index contributed by atoms with van der Waals surface area (Å²) in [6, 6.07) is 7.39. The van der Waals surface area contributed by atoms with Gasteiger partial charge in [-0.05, 0) is 43.4 Å². The lowest BCUT2D eigenvalue weighted by Crippen LogP contribution is -2.46. The van der Waals surface area contributed by atoms with Gasteiger partial charge in [-0.3, -0.25) is 9.59 Å². The summed E-state index contributed by atoms with van der Waals surface area (Å²) in [5.41, 5.74) is 9.63. The van der Waals surface area contributed by atoms with E-state index >= 15 is 0 Å². The number of aryl methyl sites for hydroxylation is 1. The van der Waals surface area contributed by atoms with Crippen molar-refractivity contribution >= 4 is 34.4 Å². The van der Waals surface area contributed by atoms with Crippen LogP contribution in [0.1, 0.15) is 36.9 Å². The number of fused-ring (bicyclic) bond motifs is 1. The zero-order valence-electron chi connectivity index (χ0n) is 16.5. The molecule has 29 heavy (non-hydrogen) atoms. The first-order valence-electron chi connectivity index (χ1n) is 9.70. The minimum absolute atomic E-state index is 0.192. The molecule has 0 radical (unpaired) electrons. The third kappa shape index (κ3) is 3.65. The van der Waals surface area contributed by atoms with Gasteiger partial charge in [-0.25, -0.2) is 9.97 Å². The fraction of sp³-hybridized carbons (Fsp3) is 0.333. The summed E-state index contributed by atoms with van der Waals surface area (Å²) in [6.07, 6.45) is 4.87. The van der Waals surface area contributed by atoms with Crippen LogP contribution < -0.4 is 11.1 Å². The quantitative estimate of drug-likeness (QED) is 0.580. The van der Waals surface area contributed by atoms with Gasteiger partial charge in [-0.1, -0.05) is 19.1 Å². The molecule has 1 aliphatic heterocycles. The third-order valence-corrected chi connectivity index (χ3v) is 5.49. The van der Waals surface area contributed by atoms with Crippen LogP contribution in [-0.4, -0.2) is 38.2 Å². The Bertz CT molecular complexity index is 1080. The van der Waals surface area contributed by atoms with Crippen molar-refractivity contribution in [2.75, 3.05) is 17.6 Å². The number of anilines is 2. The van der Waals surface area contributed by atoms with E-state index in [9.17, 15) is 9.59 Å². The van der Waals surface area contributed by atoms with Crippen LogP contribution in [0.4, 0.5) is 11.5 Å². The van der Waals surface area contributed by atoms with Gasteiger partial charge >= 0.3 is 11.8 Å². The Hall–Kier alpha value is -3.42. The van der Waals surface area contributed by atoms with Crippen molar-refractivity contribution in [2.45, 2.75) is 32.7 Å². The van der Waals surface area contributed by atoms with Crippen LogP contribution in [0.15, 0.2) is 36.8 Å². The lowest BCUT2D eigenvalue weighted by atomic mass is 9.89. The number of aromatic amines is 1. The van der Waals surface area contributed by atoms with Gasteiger partial charge in [0.1, 0.15) is 5.82 Å². The molecule has 3 aromatic rings. The number of hydrogen-bond acceptors (Lipinski definition) is 5. The van der Waals surface area contributed by atoms with Gasteiger partial charge in [-0.2, -0.15) is 0 Å². The molecular weight excluding hydrogens is 368 g/mol. The maximum atomic E-state index is 13.1. The van der Waals surface area contributed by atoms with Crippen molar-refractivity contribution in [1.82, 2.24) is 19.9 Å². The first kappa shape index (κ1) is 18.9. The minimum atomic E-state index is -0.677. The molecular formula is C21H24N6O2. The van der Waals surface area contributed by atoms with Crippen LogP contribution in [0.2, 0.25) is 0 Å². The molecule has 1 saturated heterocycles. The number of para-hydroxylation sites is 1. The normalized spacial score (nSPS) is 19.3. The molecule has 0 saturated carbocycles. The summed E-state index contributed by atoms with van der Waals surface area (Å²) in [7, 11) is 0. The summed E-state index contributed by atoms with van der Waals surface area (Å²) >= 11 is 0. The van der Waals surface area contributed by atoms with Crippen LogP contribution in [0.25, 0.3) is 11.0 Å². The molecule has 0 unspecified atom stereocenters. The van der Waals surface area contributed by atoms with Crippen molar-refractivity contribution in [3.05, 3.63) is 47.9 Å². The lowest BCUT2D eigenvalue weighted by molar-refractivity contribution is -0.146. The largest absolute Gasteiger partial charge is 0.383 e. The molecule has 4 rings (SSSR count). The number of H-pyrrole nitrogens is 1. The summed E-state index contributed by atoms with van der Waals surface area (Å²) in [5.74, 6) is -0.513. The Morgan fingerprint density at radius 1 is 1.28 bits per heavy atom. The van der Waals surface area contributed by atoms with Gasteiger partial charge in [0.2, 0.25) is 0 Å². The summed E-state index contributed by atoms with van der Waals surface area (Å²) in [4.78, 5) is 39.1. The van der Waals surface area contributed by atoms with Crippen LogP contribution in [0, 0.1) is 12.8 Å². The Labute approximate surface area is 168 Å². The molecule has 1 aromatic carbocycles. The molecule has 1 fully saturated rings. The zero-order chi connectivity index (χ0) is 20.5. The number of carbonyl (C=O) groups is 2. The van der Waals surface area contributed by atoms with E-state index in [0.29, 0.717) is 24.0 Å². The molecule has 2 aromatic heterocycles. The highest BCUT2D eigenvalue weighted by Crippen LogP contribution is 2.36. The molecule has 3 heterocycles. The Balaban J connectivity index is 1.61. The number of nitrogens with one attached hydrogen (secondary N) is 2. The predicted molar refractivity (Wildman–Crippen MR) is 111 cm³/mol. The molecule has 2 amide bonds. The lowest BCUT2D eigenvalue weighted by Gasteiger charge is -2.38. The molecule has 1 aliphatic rings. The van der Waals surface area contributed by atoms with Crippen molar-refractivity contribution < 1.29 is 9.59 Å². The summed E-state index contributed by atoms with van der Waals surface area (Å²) < 4.78 is 0. The molecule has 2 atom stereocenters. The Morgan fingerprint density at radius 2 is 2.10 bits per heavy atom. The zero-order valence-corrected chi connectivity index (χ0v) is 16.5. The van der Waals surface area contributed by atoms with Gasteiger partial charge in [0, 0.05) is 12.1 Å². The standard InChI is InChI=1S/C21H24N6O2/c1-12-6-7-17(15-4-3-5-16-18(15)25-11-24-16)27(10-12)21(29)20(28)26-14-8-13(2)19(22)23-9-14/h3-5,8-9,11-12,17H,6-7,10H2,1-2H3,(H2,22,23)(H,24,25)(H,26,28)/t12-,17+/m1/s1. The number of hydrogen-bond donors (Lipinski definition) is 3. The van der Waals surface area contributed by atoms with Gasteiger partial charge in [0.15, 0.2) is 0 Å². The highest BCUT2D eigenvalue weighted by Gasteiger charge is 2.35. The SMILES string of the molecule is Cc1cc(NC(=O)C(=O)N2C[C@H](C)CC[C@H]2c2cccc3[nH]cnc23)cnc1N. The Morgan fingerprint density at radius 3 is 2.90 bits per heavy atom. The number of amides is 2. The number of piperidine rings is 1. The van der Waals surface area contributed by atoms with Gasteiger partial charge in [0.25, 0.3) is 0 Å². The second-order valence-electron chi connectivity index (χ2n) is 7.68. The van der Waals surface area contributed by atoms with Gasteiger partial charge < -0.3 is 20.9 Å². The topological polar surface area (TPSA) is 117 Å². The van der Waals surface area contributed by atoms with Crippen molar-refractivity contribution in [3.63, 3.8) is 0 Å². The number of likely N-dealkylation sites (tertiary alicyclic amines) is 1. The first-order chi connectivity index (χ1) is 13.9. The van der Waals surface area contributed by atoms with Gasteiger partial charge in [-0.15, -0.1) is 0 Å². The molecule has 150 valence electrons. The van der Waals surface area contributed by atoms with E-state index in [1.54, 1.807) is 24.2 Å². The average molecular weight is 392 g/mol. The van der Waals surface area contributed by atoms with E-state index < -0.39 is 11.8 Å². The van der Waals surface area contributed by atoms with E-state index in [4.69, 9.17) is 5.73 Å². The van der Waals surface area contributed by atoms with E-state index in [2.05, 4.69) is 27.2 Å². The van der Waals surface area contributed by atoms with E-state index in [0.717, 1.165) is 35.0 Å². The fourth-order valence-corrected chi connectivity index (χ4v) is 3.93. The number of carbonyl (C=O) groups excluding carboxylic acids is 2. The second-order valence-corrected chi connectivity index (χ2v) is 7.68. The van der Waals surface area contributed by atoms with Crippen LogP contribution >= 0.6 is 0 Å².